The van der Waals surface area contributed by atoms with E-state index >= 15 is 0 Å². The summed E-state index contributed by atoms with van der Waals surface area (Å²) in [7, 11) is 3.66. The molecule has 0 saturated heterocycles. The summed E-state index contributed by atoms with van der Waals surface area (Å²) in [6.07, 6.45) is 17.0. The van der Waals surface area contributed by atoms with Crippen molar-refractivity contribution in [3.63, 3.8) is 0 Å². The summed E-state index contributed by atoms with van der Waals surface area (Å²) in [5.74, 6) is 2.78. The van der Waals surface area contributed by atoms with Crippen LogP contribution in [-0.4, -0.2) is 42.9 Å². The molecular formula is C35H53NO5. The standard InChI is InChI=1S/C35H53NO5/c1-24(37)40-28-17-19-29-26(22-28)16-18-30-31-20-21-32(41-25(2)38)35(31,3)23-27(34(29)30)14-12-10-8-6-7-9-11-13-15-33(39)36(4)5/h17,19,22,27,30-32,34H,6-16,18,20-21,23H2,1-5H3/t27-,30-,31-,32-,34+,35-/m0/s1. The Morgan fingerprint density at radius 2 is 1.59 bits per heavy atom. The zero-order chi connectivity index (χ0) is 29.6. The number of carbonyl (C=O) groups excluding carboxylic acids is 3. The molecule has 2 fully saturated rings. The fraction of sp³-hybridized carbons (Fsp3) is 0.743. The molecule has 0 heterocycles. The number of aryl methyl sites for hydroxylation is 1. The first-order chi connectivity index (χ1) is 19.6. The van der Waals surface area contributed by atoms with Crippen molar-refractivity contribution in [3.8, 4) is 5.75 Å². The molecular weight excluding hydrogens is 514 g/mol. The number of benzene rings is 1. The number of rotatable bonds is 13. The molecule has 0 spiro atoms. The maximum atomic E-state index is 12.0. The zero-order valence-corrected chi connectivity index (χ0v) is 26.2. The Morgan fingerprint density at radius 3 is 2.24 bits per heavy atom. The van der Waals surface area contributed by atoms with Crippen molar-refractivity contribution < 1.29 is 23.9 Å². The molecule has 0 radical (unpaired) electrons. The first-order valence-electron chi connectivity index (χ1n) is 16.3. The van der Waals surface area contributed by atoms with Crippen LogP contribution in [-0.2, 0) is 25.5 Å². The van der Waals surface area contributed by atoms with Crippen LogP contribution < -0.4 is 4.74 Å². The average molecular weight is 568 g/mol. The van der Waals surface area contributed by atoms with Gasteiger partial charge < -0.3 is 14.4 Å². The van der Waals surface area contributed by atoms with E-state index < -0.39 is 0 Å². The van der Waals surface area contributed by atoms with Crippen LogP contribution in [0.25, 0.3) is 0 Å². The maximum Gasteiger partial charge on any atom is 0.308 e. The van der Waals surface area contributed by atoms with Crippen molar-refractivity contribution in [1.82, 2.24) is 4.90 Å². The van der Waals surface area contributed by atoms with E-state index in [1.54, 1.807) is 11.8 Å². The van der Waals surface area contributed by atoms with Gasteiger partial charge in [0.05, 0.1) is 0 Å². The van der Waals surface area contributed by atoms with Crippen LogP contribution in [0, 0.1) is 23.2 Å². The Labute approximate surface area is 247 Å². The van der Waals surface area contributed by atoms with Crippen molar-refractivity contribution in [2.75, 3.05) is 14.1 Å². The number of fused-ring (bicyclic) bond motifs is 5. The molecule has 0 unspecified atom stereocenters. The Morgan fingerprint density at radius 1 is 0.902 bits per heavy atom. The molecule has 2 saturated carbocycles. The molecule has 0 aromatic heterocycles. The SMILES string of the molecule is CC(=O)Oc1ccc2c(c1)CC[C@@H]1[C@@H]2[C@@H](CCCCCCCCCCC(=O)N(C)C)C[C@]2(C)[C@@H](OC(C)=O)CC[C@@H]12. The lowest BCUT2D eigenvalue weighted by Gasteiger charge is -2.54. The highest BCUT2D eigenvalue weighted by atomic mass is 16.5. The van der Waals surface area contributed by atoms with Crippen molar-refractivity contribution in [3.05, 3.63) is 29.3 Å². The molecule has 0 N–H and O–H groups in total. The quantitative estimate of drug-likeness (QED) is 0.139. The average Bonchev–Trinajstić information content (AvgIpc) is 3.23. The van der Waals surface area contributed by atoms with Gasteiger partial charge in [0.1, 0.15) is 11.9 Å². The number of esters is 2. The molecule has 228 valence electrons. The zero-order valence-electron chi connectivity index (χ0n) is 26.2. The fourth-order valence-electron chi connectivity index (χ4n) is 8.69. The van der Waals surface area contributed by atoms with E-state index in [0.29, 0.717) is 35.8 Å². The maximum absolute atomic E-state index is 12.0. The Balaban J connectivity index is 1.36. The van der Waals surface area contributed by atoms with E-state index in [1.165, 1.54) is 63.0 Å². The first kappa shape index (κ1) is 31.6. The van der Waals surface area contributed by atoms with Crippen molar-refractivity contribution in [2.45, 2.75) is 129 Å². The van der Waals surface area contributed by atoms with Gasteiger partial charge in [0.25, 0.3) is 0 Å². The van der Waals surface area contributed by atoms with E-state index in [9.17, 15) is 14.4 Å². The summed E-state index contributed by atoms with van der Waals surface area (Å²) < 4.78 is 11.4. The number of unbranched alkanes of at least 4 members (excludes halogenated alkanes) is 7. The van der Waals surface area contributed by atoms with Crippen LogP contribution in [0.4, 0.5) is 0 Å². The number of ether oxygens (including phenoxy) is 2. The second-order valence-electron chi connectivity index (χ2n) is 13.6. The second-order valence-corrected chi connectivity index (χ2v) is 13.6. The number of nitrogens with zero attached hydrogens (tertiary/aromatic N) is 1. The van der Waals surface area contributed by atoms with E-state index in [0.717, 1.165) is 44.9 Å². The van der Waals surface area contributed by atoms with Gasteiger partial charge in [0, 0.05) is 39.8 Å². The molecule has 6 nitrogen and oxygen atoms in total. The van der Waals surface area contributed by atoms with E-state index in [-0.39, 0.29) is 29.4 Å². The van der Waals surface area contributed by atoms with Gasteiger partial charge in [0.15, 0.2) is 0 Å². The predicted octanol–water partition coefficient (Wildman–Crippen LogP) is 7.62. The second kappa shape index (κ2) is 14.2. The van der Waals surface area contributed by atoms with Gasteiger partial charge >= 0.3 is 11.9 Å². The molecule has 1 aromatic carbocycles. The lowest BCUT2D eigenvalue weighted by Crippen LogP contribution is -2.48. The van der Waals surface area contributed by atoms with Gasteiger partial charge in [-0.2, -0.15) is 0 Å². The lowest BCUT2D eigenvalue weighted by atomic mass is 9.51. The number of hydrogen-bond acceptors (Lipinski definition) is 5. The molecule has 41 heavy (non-hydrogen) atoms. The normalized spacial score (nSPS) is 28.3. The minimum atomic E-state index is -0.271. The Bertz CT molecular complexity index is 1070. The minimum Gasteiger partial charge on any atom is -0.462 e. The van der Waals surface area contributed by atoms with E-state index in [1.807, 2.05) is 20.2 Å². The van der Waals surface area contributed by atoms with Crippen molar-refractivity contribution in [1.29, 1.82) is 0 Å². The molecule has 3 aliphatic rings. The van der Waals surface area contributed by atoms with Gasteiger partial charge in [-0.05, 0) is 91.9 Å². The topological polar surface area (TPSA) is 72.9 Å². The molecule has 1 amide bonds. The van der Waals surface area contributed by atoms with Crippen LogP contribution in [0.15, 0.2) is 18.2 Å². The molecule has 1 aromatic rings. The largest absolute Gasteiger partial charge is 0.462 e. The van der Waals surface area contributed by atoms with Gasteiger partial charge in [-0.3, -0.25) is 14.4 Å². The first-order valence-corrected chi connectivity index (χ1v) is 16.3. The summed E-state index contributed by atoms with van der Waals surface area (Å²) in [6, 6.07) is 6.33. The molecule has 6 heteroatoms. The molecule has 0 aliphatic heterocycles. The third-order valence-electron chi connectivity index (χ3n) is 10.5. The Hall–Kier alpha value is -2.37. The van der Waals surface area contributed by atoms with E-state index in [4.69, 9.17) is 9.47 Å². The number of carbonyl (C=O) groups is 3. The van der Waals surface area contributed by atoms with Crippen molar-refractivity contribution in [2.24, 2.45) is 23.2 Å². The predicted molar refractivity (Wildman–Crippen MR) is 162 cm³/mol. The fourth-order valence-corrected chi connectivity index (χ4v) is 8.69. The van der Waals surface area contributed by atoms with Gasteiger partial charge in [0.2, 0.25) is 5.91 Å². The summed E-state index contributed by atoms with van der Waals surface area (Å²) in [5, 5.41) is 0. The van der Waals surface area contributed by atoms with Gasteiger partial charge in [-0.1, -0.05) is 57.9 Å². The molecule has 3 aliphatic carbocycles. The van der Waals surface area contributed by atoms with Crippen LogP contribution >= 0.6 is 0 Å². The molecule has 0 bridgehead atoms. The number of hydrogen-bond donors (Lipinski definition) is 0. The highest BCUT2D eigenvalue weighted by Gasteiger charge is 2.58. The summed E-state index contributed by atoms with van der Waals surface area (Å²) >= 11 is 0. The highest BCUT2D eigenvalue weighted by molar-refractivity contribution is 5.75. The van der Waals surface area contributed by atoms with E-state index in [2.05, 4.69) is 19.1 Å². The smallest absolute Gasteiger partial charge is 0.308 e. The summed E-state index contributed by atoms with van der Waals surface area (Å²) in [4.78, 5) is 37.0. The van der Waals surface area contributed by atoms with Crippen LogP contribution in [0.5, 0.6) is 5.75 Å². The summed E-state index contributed by atoms with van der Waals surface area (Å²) in [6.45, 7) is 5.43. The highest BCUT2D eigenvalue weighted by Crippen LogP contribution is 2.64. The van der Waals surface area contributed by atoms with Gasteiger partial charge in [-0.25, -0.2) is 0 Å². The molecule has 6 atom stereocenters. The molecule has 4 rings (SSSR count). The van der Waals surface area contributed by atoms with Crippen molar-refractivity contribution >= 4 is 17.8 Å². The van der Waals surface area contributed by atoms with Crippen LogP contribution in [0.2, 0.25) is 0 Å². The minimum absolute atomic E-state index is 0.0363. The third-order valence-corrected chi connectivity index (χ3v) is 10.5. The monoisotopic (exact) mass is 567 g/mol. The lowest BCUT2D eigenvalue weighted by molar-refractivity contribution is -0.156. The summed E-state index contributed by atoms with van der Waals surface area (Å²) in [5.41, 5.74) is 2.87. The number of amides is 1. The van der Waals surface area contributed by atoms with Crippen LogP contribution in [0.1, 0.15) is 128 Å². The van der Waals surface area contributed by atoms with Gasteiger partial charge in [-0.15, -0.1) is 0 Å². The third kappa shape index (κ3) is 7.73. The Kier molecular flexibility index (Phi) is 10.9. The van der Waals surface area contributed by atoms with Crippen LogP contribution in [0.3, 0.4) is 0 Å².